The molecule has 1 aliphatic rings. The van der Waals surface area contributed by atoms with Crippen LogP contribution in [0.25, 0.3) is 0 Å². The Bertz CT molecular complexity index is 456. The third-order valence-corrected chi connectivity index (χ3v) is 3.25. The molecule has 1 atom stereocenters. The van der Waals surface area contributed by atoms with Crippen LogP contribution in [0.2, 0.25) is 0 Å². The molecule has 2 heterocycles. The molecule has 1 unspecified atom stereocenters. The zero-order chi connectivity index (χ0) is 13.8. The van der Waals surface area contributed by atoms with Crippen LogP contribution in [0, 0.1) is 6.92 Å². The first-order valence-electron chi connectivity index (χ1n) is 6.69. The van der Waals surface area contributed by atoms with E-state index < -0.39 is 0 Å². The summed E-state index contributed by atoms with van der Waals surface area (Å²) >= 11 is 0. The summed E-state index contributed by atoms with van der Waals surface area (Å²) in [6, 6.07) is 1.54. The minimum Gasteiger partial charge on any atom is -0.373 e. The van der Waals surface area contributed by atoms with Gasteiger partial charge in [0.15, 0.2) is 0 Å². The number of nitrogens with zero attached hydrogens (tertiary/aromatic N) is 3. The van der Waals surface area contributed by atoms with Crippen molar-refractivity contribution >= 4 is 17.5 Å². The number of carbonyl (C=O) groups is 1. The van der Waals surface area contributed by atoms with E-state index >= 15 is 0 Å². The van der Waals surface area contributed by atoms with Crippen molar-refractivity contribution in [1.29, 1.82) is 0 Å². The lowest BCUT2D eigenvalue weighted by atomic mass is 10.3. The molecule has 0 aliphatic carbocycles. The first-order chi connectivity index (χ1) is 9.10. The van der Waals surface area contributed by atoms with Crippen molar-refractivity contribution in [1.82, 2.24) is 14.9 Å². The Balaban J connectivity index is 2.03. The predicted molar refractivity (Wildman–Crippen MR) is 75.2 cm³/mol. The van der Waals surface area contributed by atoms with Crippen LogP contribution in [0.5, 0.6) is 0 Å². The molecule has 1 fully saturated rings. The van der Waals surface area contributed by atoms with Gasteiger partial charge in [-0.1, -0.05) is 0 Å². The number of amides is 1. The van der Waals surface area contributed by atoms with Crippen LogP contribution in [0.1, 0.15) is 25.6 Å². The Hall–Kier alpha value is -1.85. The fraction of sp³-hybridized carbons (Fsp3) is 0.615. The van der Waals surface area contributed by atoms with E-state index in [1.807, 2.05) is 25.8 Å². The molecule has 6 heteroatoms. The number of carbonyl (C=O) groups excluding carboxylic acids is 1. The highest BCUT2D eigenvalue weighted by atomic mass is 16.2. The summed E-state index contributed by atoms with van der Waals surface area (Å²) in [4.78, 5) is 22.6. The molecule has 0 bridgehead atoms. The standard InChI is InChI=1S/C13H21N5O/c1-9(13(19)18-6-4-5-7-18)15-12-8-11(14-3)16-10(2)17-12/h8-9H,4-7H2,1-3H3,(H2,14,15,16,17). The summed E-state index contributed by atoms with van der Waals surface area (Å²) in [5, 5.41) is 6.13. The van der Waals surface area contributed by atoms with Crippen LogP contribution in [0.3, 0.4) is 0 Å². The number of rotatable bonds is 4. The quantitative estimate of drug-likeness (QED) is 0.855. The fourth-order valence-corrected chi connectivity index (χ4v) is 2.26. The van der Waals surface area contributed by atoms with Crippen LogP contribution in [0.15, 0.2) is 6.07 Å². The monoisotopic (exact) mass is 263 g/mol. The molecule has 0 radical (unpaired) electrons. The van der Waals surface area contributed by atoms with E-state index in [0.29, 0.717) is 11.6 Å². The molecule has 2 N–H and O–H groups in total. The van der Waals surface area contributed by atoms with Crippen LogP contribution >= 0.6 is 0 Å². The van der Waals surface area contributed by atoms with Crippen LogP contribution in [-0.2, 0) is 4.79 Å². The number of aryl methyl sites for hydroxylation is 1. The molecule has 1 saturated heterocycles. The normalized spacial score (nSPS) is 16.3. The van der Waals surface area contributed by atoms with Gasteiger partial charge in [-0.05, 0) is 26.7 Å². The lowest BCUT2D eigenvalue weighted by Gasteiger charge is -2.21. The lowest BCUT2D eigenvalue weighted by molar-refractivity contribution is -0.130. The van der Waals surface area contributed by atoms with Gasteiger partial charge in [0.2, 0.25) is 5.91 Å². The van der Waals surface area contributed by atoms with E-state index in [4.69, 9.17) is 0 Å². The Morgan fingerprint density at radius 1 is 1.32 bits per heavy atom. The highest BCUT2D eigenvalue weighted by molar-refractivity contribution is 5.84. The van der Waals surface area contributed by atoms with Crippen molar-refractivity contribution in [2.75, 3.05) is 30.8 Å². The van der Waals surface area contributed by atoms with E-state index in [-0.39, 0.29) is 11.9 Å². The maximum absolute atomic E-state index is 12.2. The van der Waals surface area contributed by atoms with E-state index in [9.17, 15) is 4.79 Å². The molecule has 19 heavy (non-hydrogen) atoms. The van der Waals surface area contributed by atoms with Crippen molar-refractivity contribution < 1.29 is 4.79 Å². The van der Waals surface area contributed by atoms with Crippen LogP contribution in [0.4, 0.5) is 11.6 Å². The summed E-state index contributed by atoms with van der Waals surface area (Å²) in [5.74, 6) is 2.24. The Morgan fingerprint density at radius 2 is 1.95 bits per heavy atom. The molecule has 104 valence electrons. The smallest absolute Gasteiger partial charge is 0.244 e. The molecule has 0 spiro atoms. The minimum atomic E-state index is -0.267. The van der Waals surface area contributed by atoms with Gasteiger partial charge in [0.25, 0.3) is 0 Å². The Morgan fingerprint density at radius 3 is 2.58 bits per heavy atom. The second kappa shape index (κ2) is 5.86. The second-order valence-electron chi connectivity index (χ2n) is 4.83. The van der Waals surface area contributed by atoms with E-state index in [1.165, 1.54) is 0 Å². The Labute approximate surface area is 113 Å². The van der Waals surface area contributed by atoms with Crippen molar-refractivity contribution in [3.8, 4) is 0 Å². The number of anilines is 2. The summed E-state index contributed by atoms with van der Waals surface area (Å²) in [7, 11) is 1.81. The molecule has 1 amide bonds. The van der Waals surface area contributed by atoms with Crippen molar-refractivity contribution in [2.45, 2.75) is 32.7 Å². The van der Waals surface area contributed by atoms with E-state index in [1.54, 1.807) is 6.07 Å². The fourth-order valence-electron chi connectivity index (χ4n) is 2.26. The number of hydrogen-bond donors (Lipinski definition) is 2. The second-order valence-corrected chi connectivity index (χ2v) is 4.83. The first-order valence-corrected chi connectivity index (χ1v) is 6.69. The van der Waals surface area contributed by atoms with E-state index in [0.717, 1.165) is 31.7 Å². The van der Waals surface area contributed by atoms with Gasteiger partial charge in [0, 0.05) is 26.2 Å². The minimum absolute atomic E-state index is 0.139. The van der Waals surface area contributed by atoms with Crippen molar-refractivity contribution in [3.63, 3.8) is 0 Å². The Kier molecular flexibility index (Phi) is 4.19. The van der Waals surface area contributed by atoms with Gasteiger partial charge in [0.1, 0.15) is 23.5 Å². The number of hydrogen-bond acceptors (Lipinski definition) is 5. The van der Waals surface area contributed by atoms with Gasteiger partial charge >= 0.3 is 0 Å². The molecule has 1 aliphatic heterocycles. The van der Waals surface area contributed by atoms with Crippen LogP contribution < -0.4 is 10.6 Å². The van der Waals surface area contributed by atoms with E-state index in [2.05, 4.69) is 20.6 Å². The summed E-state index contributed by atoms with van der Waals surface area (Å²) in [5.41, 5.74) is 0. The number of nitrogens with one attached hydrogen (secondary N) is 2. The summed E-state index contributed by atoms with van der Waals surface area (Å²) in [6.07, 6.45) is 2.21. The van der Waals surface area contributed by atoms with Gasteiger partial charge in [-0.3, -0.25) is 4.79 Å². The van der Waals surface area contributed by atoms with Crippen molar-refractivity contribution in [2.24, 2.45) is 0 Å². The van der Waals surface area contributed by atoms with Gasteiger partial charge in [-0.25, -0.2) is 9.97 Å². The third-order valence-electron chi connectivity index (χ3n) is 3.25. The average molecular weight is 263 g/mol. The predicted octanol–water partition coefficient (Wildman–Crippen LogP) is 1.25. The molecular weight excluding hydrogens is 242 g/mol. The molecule has 6 nitrogen and oxygen atoms in total. The number of likely N-dealkylation sites (tertiary alicyclic amines) is 1. The molecule has 0 saturated carbocycles. The topological polar surface area (TPSA) is 70.2 Å². The lowest BCUT2D eigenvalue weighted by Crippen LogP contribution is -2.39. The maximum Gasteiger partial charge on any atom is 0.244 e. The van der Waals surface area contributed by atoms with Crippen LogP contribution in [-0.4, -0.2) is 47.0 Å². The SMILES string of the molecule is CNc1cc(NC(C)C(=O)N2CCCC2)nc(C)n1. The third kappa shape index (κ3) is 3.33. The maximum atomic E-state index is 12.2. The molecule has 1 aromatic heterocycles. The average Bonchev–Trinajstić information content (AvgIpc) is 2.90. The summed E-state index contributed by atoms with van der Waals surface area (Å²) in [6.45, 7) is 5.45. The van der Waals surface area contributed by atoms with Gasteiger partial charge < -0.3 is 15.5 Å². The molecule has 1 aromatic rings. The highest BCUT2D eigenvalue weighted by Crippen LogP contribution is 2.14. The molecule has 0 aromatic carbocycles. The molecular formula is C13H21N5O. The van der Waals surface area contributed by atoms with Gasteiger partial charge in [0.05, 0.1) is 0 Å². The van der Waals surface area contributed by atoms with Gasteiger partial charge in [-0.15, -0.1) is 0 Å². The zero-order valence-corrected chi connectivity index (χ0v) is 11.7. The van der Waals surface area contributed by atoms with Crippen molar-refractivity contribution in [3.05, 3.63) is 11.9 Å². The zero-order valence-electron chi connectivity index (χ0n) is 11.7. The van der Waals surface area contributed by atoms with Gasteiger partial charge in [-0.2, -0.15) is 0 Å². The number of aromatic nitrogens is 2. The first kappa shape index (κ1) is 13.6. The highest BCUT2D eigenvalue weighted by Gasteiger charge is 2.23. The largest absolute Gasteiger partial charge is 0.373 e. The molecule has 2 rings (SSSR count). The summed E-state index contributed by atoms with van der Waals surface area (Å²) < 4.78 is 0.